The van der Waals surface area contributed by atoms with Gasteiger partial charge in [0.2, 0.25) is 16.1 Å². The Balaban J connectivity index is 1.41. The summed E-state index contributed by atoms with van der Waals surface area (Å²) < 4.78 is 39.1. The van der Waals surface area contributed by atoms with Crippen molar-refractivity contribution < 1.29 is 22.7 Å². The van der Waals surface area contributed by atoms with Crippen LogP contribution in [0.15, 0.2) is 57.9 Å². The highest BCUT2D eigenvalue weighted by molar-refractivity contribution is 9.10. The molecule has 1 unspecified atom stereocenters. The van der Waals surface area contributed by atoms with E-state index in [9.17, 15) is 13.2 Å². The Labute approximate surface area is 172 Å². The predicted molar refractivity (Wildman–Crippen MR) is 106 cm³/mol. The quantitative estimate of drug-likeness (QED) is 0.692. The number of nitrogens with zero attached hydrogens (tertiary/aromatic N) is 2. The van der Waals surface area contributed by atoms with Crippen molar-refractivity contribution in [3.8, 4) is 11.5 Å². The van der Waals surface area contributed by atoms with Gasteiger partial charge >= 0.3 is 0 Å². The number of carbonyl (C=O) groups is 1. The highest BCUT2D eigenvalue weighted by atomic mass is 79.9. The van der Waals surface area contributed by atoms with Gasteiger partial charge in [-0.3, -0.25) is 4.79 Å². The first-order valence-electron chi connectivity index (χ1n) is 8.89. The molecule has 0 aliphatic carbocycles. The van der Waals surface area contributed by atoms with Gasteiger partial charge in [-0.25, -0.2) is 8.42 Å². The number of halogens is 1. The number of benzene rings is 2. The zero-order chi connectivity index (χ0) is 19.7. The molecule has 2 aliphatic rings. The fourth-order valence-corrected chi connectivity index (χ4v) is 5.67. The predicted octanol–water partition coefficient (Wildman–Crippen LogP) is 2.12. The maximum Gasteiger partial charge on any atom is 0.267 e. The first kappa shape index (κ1) is 19.2. The smallest absolute Gasteiger partial charge is 0.267 e. The average molecular weight is 467 g/mol. The third-order valence-electron chi connectivity index (χ3n) is 4.79. The van der Waals surface area contributed by atoms with Crippen molar-refractivity contribution in [2.75, 3.05) is 32.8 Å². The summed E-state index contributed by atoms with van der Waals surface area (Å²) in [5.41, 5.74) is 0. The van der Waals surface area contributed by atoms with Crippen LogP contribution in [-0.4, -0.2) is 62.4 Å². The second kappa shape index (κ2) is 7.73. The summed E-state index contributed by atoms with van der Waals surface area (Å²) >= 11 is 3.30. The van der Waals surface area contributed by atoms with Gasteiger partial charge in [0.25, 0.3) is 5.91 Å². The Bertz CT molecular complexity index is 989. The van der Waals surface area contributed by atoms with Crippen molar-refractivity contribution in [3.63, 3.8) is 0 Å². The number of fused-ring (bicyclic) bond motifs is 1. The highest BCUT2D eigenvalue weighted by Crippen LogP contribution is 2.31. The number of carbonyl (C=O) groups excluding carboxylic acids is 1. The van der Waals surface area contributed by atoms with Crippen LogP contribution in [0.4, 0.5) is 0 Å². The van der Waals surface area contributed by atoms with Crippen LogP contribution in [0.5, 0.6) is 11.5 Å². The van der Waals surface area contributed by atoms with Gasteiger partial charge in [-0.2, -0.15) is 4.31 Å². The summed E-state index contributed by atoms with van der Waals surface area (Å²) in [7, 11) is -3.61. The molecule has 0 bridgehead atoms. The van der Waals surface area contributed by atoms with Crippen molar-refractivity contribution in [2.45, 2.75) is 11.0 Å². The van der Waals surface area contributed by atoms with E-state index in [0.717, 1.165) is 0 Å². The number of ether oxygens (including phenoxy) is 2. The van der Waals surface area contributed by atoms with Crippen LogP contribution >= 0.6 is 15.9 Å². The van der Waals surface area contributed by atoms with E-state index in [1.807, 2.05) is 12.1 Å². The zero-order valence-corrected chi connectivity index (χ0v) is 17.4. The summed E-state index contributed by atoms with van der Waals surface area (Å²) in [6.07, 6.45) is -0.721. The van der Waals surface area contributed by atoms with E-state index >= 15 is 0 Å². The van der Waals surface area contributed by atoms with Crippen molar-refractivity contribution >= 4 is 31.9 Å². The van der Waals surface area contributed by atoms with Crippen LogP contribution in [0.3, 0.4) is 0 Å². The molecule has 1 fully saturated rings. The van der Waals surface area contributed by atoms with E-state index in [1.54, 1.807) is 41.3 Å². The molecule has 4 rings (SSSR count). The van der Waals surface area contributed by atoms with Crippen molar-refractivity contribution in [1.29, 1.82) is 0 Å². The molecule has 148 valence electrons. The SMILES string of the molecule is O=C(C1COc2ccccc2O1)N1CCN(S(=O)(=O)c2ccccc2Br)CC1. The summed E-state index contributed by atoms with van der Waals surface area (Å²) in [5, 5.41) is 0. The molecule has 1 saturated heterocycles. The third-order valence-corrected chi connectivity index (χ3v) is 7.70. The van der Waals surface area contributed by atoms with Crippen LogP contribution < -0.4 is 9.47 Å². The monoisotopic (exact) mass is 466 g/mol. The number of rotatable bonds is 3. The molecule has 9 heteroatoms. The highest BCUT2D eigenvalue weighted by Gasteiger charge is 2.35. The van der Waals surface area contributed by atoms with Crippen molar-refractivity contribution in [1.82, 2.24) is 9.21 Å². The largest absolute Gasteiger partial charge is 0.485 e. The topological polar surface area (TPSA) is 76.2 Å². The molecule has 1 amide bonds. The Kier molecular flexibility index (Phi) is 5.31. The standard InChI is InChI=1S/C19H19BrN2O5S/c20-14-5-1-4-8-18(14)28(24,25)22-11-9-21(10-12-22)19(23)17-13-26-15-6-2-3-7-16(15)27-17/h1-8,17H,9-13H2. The van der Waals surface area contributed by atoms with Gasteiger partial charge in [0.05, 0.1) is 4.90 Å². The Hall–Kier alpha value is -2.10. The number of amides is 1. The van der Waals surface area contributed by atoms with E-state index in [-0.39, 0.29) is 30.5 Å². The van der Waals surface area contributed by atoms with Crippen LogP contribution in [0.1, 0.15) is 0 Å². The fourth-order valence-electron chi connectivity index (χ4n) is 3.29. The number of para-hydroxylation sites is 2. The van der Waals surface area contributed by atoms with E-state index < -0.39 is 16.1 Å². The number of sulfonamides is 1. The van der Waals surface area contributed by atoms with E-state index in [0.29, 0.717) is 29.1 Å². The first-order chi connectivity index (χ1) is 13.5. The Morgan fingerprint density at radius 3 is 2.32 bits per heavy atom. The molecule has 28 heavy (non-hydrogen) atoms. The van der Waals surface area contributed by atoms with Gasteiger partial charge in [-0.1, -0.05) is 24.3 Å². The van der Waals surface area contributed by atoms with Crippen molar-refractivity contribution in [2.24, 2.45) is 0 Å². The van der Waals surface area contributed by atoms with Gasteiger partial charge in [-0.05, 0) is 40.2 Å². The zero-order valence-electron chi connectivity index (χ0n) is 15.0. The molecular weight excluding hydrogens is 448 g/mol. The van der Waals surface area contributed by atoms with Crippen LogP contribution in [0, 0.1) is 0 Å². The van der Waals surface area contributed by atoms with Crippen LogP contribution in [-0.2, 0) is 14.8 Å². The van der Waals surface area contributed by atoms with Crippen LogP contribution in [0.2, 0.25) is 0 Å². The fraction of sp³-hybridized carbons (Fsp3) is 0.316. The summed E-state index contributed by atoms with van der Waals surface area (Å²) in [4.78, 5) is 14.7. The Morgan fingerprint density at radius 1 is 0.964 bits per heavy atom. The molecule has 2 aromatic carbocycles. The molecule has 0 radical (unpaired) electrons. The minimum Gasteiger partial charge on any atom is -0.485 e. The molecule has 1 atom stereocenters. The lowest BCUT2D eigenvalue weighted by atomic mass is 10.2. The van der Waals surface area contributed by atoms with Crippen molar-refractivity contribution in [3.05, 3.63) is 53.0 Å². The molecule has 0 spiro atoms. The molecule has 7 nitrogen and oxygen atoms in total. The van der Waals surface area contributed by atoms with E-state index in [4.69, 9.17) is 9.47 Å². The van der Waals surface area contributed by atoms with Gasteiger partial charge in [-0.15, -0.1) is 0 Å². The normalized spacial score (nSPS) is 20.0. The van der Waals surface area contributed by atoms with Gasteiger partial charge in [0.15, 0.2) is 11.5 Å². The number of hydrogen-bond donors (Lipinski definition) is 0. The maximum atomic E-state index is 12.9. The molecular formula is C19H19BrN2O5S. The lowest BCUT2D eigenvalue weighted by molar-refractivity contribution is -0.142. The number of piperazine rings is 1. The van der Waals surface area contributed by atoms with E-state index in [1.165, 1.54) is 4.31 Å². The second-order valence-electron chi connectivity index (χ2n) is 6.52. The summed E-state index contributed by atoms with van der Waals surface area (Å²) in [6.45, 7) is 1.23. The minimum absolute atomic E-state index is 0.144. The third kappa shape index (κ3) is 3.61. The number of hydrogen-bond acceptors (Lipinski definition) is 5. The molecule has 2 aliphatic heterocycles. The average Bonchev–Trinajstić information content (AvgIpc) is 2.73. The molecule has 0 saturated carbocycles. The van der Waals surface area contributed by atoms with Crippen LogP contribution in [0.25, 0.3) is 0 Å². The maximum absolute atomic E-state index is 12.9. The van der Waals surface area contributed by atoms with E-state index in [2.05, 4.69) is 15.9 Å². The second-order valence-corrected chi connectivity index (χ2v) is 9.28. The molecule has 0 aromatic heterocycles. The first-order valence-corrected chi connectivity index (χ1v) is 11.1. The summed E-state index contributed by atoms with van der Waals surface area (Å²) in [6, 6.07) is 13.9. The molecule has 2 heterocycles. The minimum atomic E-state index is -3.61. The summed E-state index contributed by atoms with van der Waals surface area (Å²) in [5.74, 6) is 0.977. The molecule has 2 aromatic rings. The lowest BCUT2D eigenvalue weighted by Crippen LogP contribution is -2.55. The van der Waals surface area contributed by atoms with Gasteiger partial charge in [0, 0.05) is 30.7 Å². The van der Waals surface area contributed by atoms with Gasteiger partial charge in [0.1, 0.15) is 6.61 Å². The Morgan fingerprint density at radius 2 is 1.61 bits per heavy atom. The lowest BCUT2D eigenvalue weighted by Gasteiger charge is -2.36. The van der Waals surface area contributed by atoms with Gasteiger partial charge < -0.3 is 14.4 Å². The molecule has 0 N–H and O–H groups in total.